The summed E-state index contributed by atoms with van der Waals surface area (Å²) >= 11 is 0. The van der Waals surface area contributed by atoms with Gasteiger partial charge < -0.3 is 14.4 Å². The molecule has 0 aromatic carbocycles. The lowest BCUT2D eigenvalue weighted by molar-refractivity contribution is -0.129. The molecular formula is C19H30N2O3. The molecule has 1 N–H and O–H groups in total. The molecule has 2 unspecified atom stereocenters. The van der Waals surface area contributed by atoms with Gasteiger partial charge in [0.1, 0.15) is 11.5 Å². The van der Waals surface area contributed by atoms with Crippen LogP contribution in [0.2, 0.25) is 0 Å². The Kier molecular flexibility index (Phi) is 5.95. The number of hydrogen-bond donors (Lipinski definition) is 1. The molecule has 3 rings (SSSR count). The first-order valence-corrected chi connectivity index (χ1v) is 9.46. The summed E-state index contributed by atoms with van der Waals surface area (Å²) in [4.78, 5) is 15.9. The van der Waals surface area contributed by atoms with Gasteiger partial charge in [-0.15, -0.1) is 0 Å². The van der Waals surface area contributed by atoms with Crippen LogP contribution >= 0.6 is 0 Å². The molecule has 2 aliphatic heterocycles. The molecule has 2 atom stereocenters. The number of likely N-dealkylation sites (tertiary alicyclic amines) is 2. The third-order valence-electron chi connectivity index (χ3n) is 5.27. The zero-order valence-electron chi connectivity index (χ0n) is 14.7. The number of carbonyl (C=O) groups excluding carboxylic acids is 1. The van der Waals surface area contributed by atoms with Gasteiger partial charge >= 0.3 is 0 Å². The maximum atomic E-state index is 11.8. The molecule has 2 fully saturated rings. The van der Waals surface area contributed by atoms with Crippen molar-refractivity contribution in [2.45, 2.75) is 64.0 Å². The molecule has 0 bridgehead atoms. The molecule has 2 aliphatic rings. The largest absolute Gasteiger partial charge is 0.464 e. The fourth-order valence-electron chi connectivity index (χ4n) is 3.95. The van der Waals surface area contributed by atoms with Crippen molar-refractivity contribution >= 4 is 5.91 Å². The van der Waals surface area contributed by atoms with E-state index in [0.29, 0.717) is 19.5 Å². The van der Waals surface area contributed by atoms with Gasteiger partial charge in [-0.05, 0) is 37.9 Å². The van der Waals surface area contributed by atoms with Crippen LogP contribution in [-0.2, 0) is 11.2 Å². The van der Waals surface area contributed by atoms with E-state index < -0.39 is 6.10 Å². The summed E-state index contributed by atoms with van der Waals surface area (Å²) in [5, 5.41) is 10.5. The maximum absolute atomic E-state index is 11.8. The monoisotopic (exact) mass is 334 g/mol. The zero-order chi connectivity index (χ0) is 16.9. The SMILES string of the molecule is CCc1ccc(C2CCCCCN2CC(O)CN2CCCC2=O)o1. The van der Waals surface area contributed by atoms with Gasteiger partial charge in [0.05, 0.1) is 12.1 Å². The van der Waals surface area contributed by atoms with Crippen molar-refractivity contribution in [1.82, 2.24) is 9.80 Å². The van der Waals surface area contributed by atoms with Crippen LogP contribution in [0.25, 0.3) is 0 Å². The van der Waals surface area contributed by atoms with Gasteiger partial charge in [0, 0.05) is 32.5 Å². The highest BCUT2D eigenvalue weighted by Gasteiger charge is 2.29. The van der Waals surface area contributed by atoms with Crippen molar-refractivity contribution in [2.75, 3.05) is 26.2 Å². The fourth-order valence-corrected chi connectivity index (χ4v) is 3.95. The Bertz CT molecular complexity index is 542. The highest BCUT2D eigenvalue weighted by atomic mass is 16.3. The van der Waals surface area contributed by atoms with Gasteiger partial charge in [-0.1, -0.05) is 19.8 Å². The van der Waals surface area contributed by atoms with Gasteiger partial charge in [0.2, 0.25) is 5.91 Å². The Morgan fingerprint density at radius 1 is 1.21 bits per heavy atom. The van der Waals surface area contributed by atoms with Gasteiger partial charge in [0.25, 0.3) is 0 Å². The lowest BCUT2D eigenvalue weighted by Crippen LogP contribution is -2.42. The van der Waals surface area contributed by atoms with E-state index in [1.54, 1.807) is 4.90 Å². The van der Waals surface area contributed by atoms with E-state index in [1.807, 2.05) is 0 Å². The summed E-state index contributed by atoms with van der Waals surface area (Å²) < 4.78 is 6.00. The molecule has 134 valence electrons. The average Bonchev–Trinajstić information content (AvgIpc) is 3.13. The molecule has 3 heterocycles. The first-order valence-electron chi connectivity index (χ1n) is 9.46. The summed E-state index contributed by atoms with van der Waals surface area (Å²) in [6.07, 6.45) is 6.63. The van der Waals surface area contributed by atoms with Crippen LogP contribution in [0.3, 0.4) is 0 Å². The highest BCUT2D eigenvalue weighted by Crippen LogP contribution is 2.31. The van der Waals surface area contributed by atoms with E-state index >= 15 is 0 Å². The predicted octanol–water partition coefficient (Wildman–Crippen LogP) is 2.74. The summed E-state index contributed by atoms with van der Waals surface area (Å²) in [7, 11) is 0. The topological polar surface area (TPSA) is 56.9 Å². The van der Waals surface area contributed by atoms with Gasteiger partial charge in [0.15, 0.2) is 0 Å². The van der Waals surface area contributed by atoms with Crippen LogP contribution in [0.5, 0.6) is 0 Å². The van der Waals surface area contributed by atoms with Crippen LogP contribution in [-0.4, -0.2) is 53.1 Å². The minimum atomic E-state index is -0.492. The number of aryl methyl sites for hydroxylation is 1. The molecular weight excluding hydrogens is 304 g/mol. The average molecular weight is 334 g/mol. The maximum Gasteiger partial charge on any atom is 0.222 e. The molecule has 0 spiro atoms. The minimum absolute atomic E-state index is 0.181. The molecule has 5 heteroatoms. The van der Waals surface area contributed by atoms with Crippen LogP contribution < -0.4 is 0 Å². The third-order valence-corrected chi connectivity index (χ3v) is 5.27. The molecule has 5 nitrogen and oxygen atoms in total. The quantitative estimate of drug-likeness (QED) is 0.869. The van der Waals surface area contributed by atoms with Crippen molar-refractivity contribution in [3.05, 3.63) is 23.7 Å². The molecule has 0 saturated carbocycles. The number of rotatable bonds is 6. The fraction of sp³-hybridized carbons (Fsp3) is 0.737. The second-order valence-corrected chi connectivity index (χ2v) is 7.11. The number of aliphatic hydroxyl groups is 1. The summed E-state index contributed by atoms with van der Waals surface area (Å²) in [5.74, 6) is 2.23. The van der Waals surface area contributed by atoms with Crippen LogP contribution in [0.4, 0.5) is 0 Å². The first kappa shape index (κ1) is 17.5. The normalized spacial score (nSPS) is 24.3. The number of hydrogen-bond acceptors (Lipinski definition) is 4. The number of β-amino-alcohol motifs (C(OH)–C–C–N with tert-alkyl or cyclic N) is 1. The van der Waals surface area contributed by atoms with Crippen LogP contribution in [0.1, 0.15) is 63.0 Å². The molecule has 24 heavy (non-hydrogen) atoms. The molecule has 0 aliphatic carbocycles. The van der Waals surface area contributed by atoms with Gasteiger partial charge in [-0.3, -0.25) is 9.69 Å². The number of amides is 1. The van der Waals surface area contributed by atoms with E-state index in [1.165, 1.54) is 12.8 Å². The molecule has 0 radical (unpaired) electrons. The number of nitrogens with zero attached hydrogens (tertiary/aromatic N) is 2. The Hall–Kier alpha value is -1.33. The number of furan rings is 1. The van der Waals surface area contributed by atoms with Crippen molar-refractivity contribution in [2.24, 2.45) is 0 Å². The Morgan fingerprint density at radius 3 is 2.79 bits per heavy atom. The summed E-state index contributed by atoms with van der Waals surface area (Å²) in [6, 6.07) is 4.41. The second kappa shape index (κ2) is 8.17. The van der Waals surface area contributed by atoms with Crippen molar-refractivity contribution in [3.63, 3.8) is 0 Å². The van der Waals surface area contributed by atoms with Crippen molar-refractivity contribution in [3.8, 4) is 0 Å². The predicted molar refractivity (Wildman–Crippen MR) is 92.7 cm³/mol. The minimum Gasteiger partial charge on any atom is -0.464 e. The standard InChI is InChI=1S/C19H30N2O3/c1-2-16-9-10-18(24-16)17-7-4-3-5-11-20(17)13-15(22)14-21-12-6-8-19(21)23/h9-10,15,17,22H,2-8,11-14H2,1H3. The van der Waals surface area contributed by atoms with E-state index in [0.717, 1.165) is 50.3 Å². The summed E-state index contributed by atoms with van der Waals surface area (Å²) in [5.41, 5.74) is 0. The van der Waals surface area contributed by atoms with Gasteiger partial charge in [-0.25, -0.2) is 0 Å². The smallest absolute Gasteiger partial charge is 0.222 e. The van der Waals surface area contributed by atoms with Crippen LogP contribution in [0, 0.1) is 0 Å². The lowest BCUT2D eigenvalue weighted by atomic mass is 10.1. The van der Waals surface area contributed by atoms with E-state index in [4.69, 9.17) is 4.42 Å². The highest BCUT2D eigenvalue weighted by molar-refractivity contribution is 5.78. The molecule has 1 amide bonds. The van der Waals surface area contributed by atoms with Crippen molar-refractivity contribution < 1.29 is 14.3 Å². The van der Waals surface area contributed by atoms with E-state index in [-0.39, 0.29) is 11.9 Å². The number of carbonyl (C=O) groups is 1. The molecule has 1 aromatic heterocycles. The third kappa shape index (κ3) is 4.19. The second-order valence-electron chi connectivity index (χ2n) is 7.11. The van der Waals surface area contributed by atoms with Crippen LogP contribution in [0.15, 0.2) is 16.5 Å². The van der Waals surface area contributed by atoms with E-state index in [9.17, 15) is 9.90 Å². The Labute approximate surface area is 144 Å². The Balaban J connectivity index is 1.64. The van der Waals surface area contributed by atoms with E-state index in [2.05, 4.69) is 24.0 Å². The zero-order valence-corrected chi connectivity index (χ0v) is 14.7. The summed E-state index contributed by atoms with van der Waals surface area (Å²) in [6.45, 7) is 4.94. The first-order chi connectivity index (χ1) is 11.7. The molecule has 2 saturated heterocycles. The Morgan fingerprint density at radius 2 is 2.08 bits per heavy atom. The molecule has 1 aromatic rings. The van der Waals surface area contributed by atoms with Gasteiger partial charge in [-0.2, -0.15) is 0 Å². The lowest BCUT2D eigenvalue weighted by Gasteiger charge is -2.31. The number of aliphatic hydroxyl groups excluding tert-OH is 1. The van der Waals surface area contributed by atoms with Crippen molar-refractivity contribution in [1.29, 1.82) is 0 Å².